The molecule has 0 saturated heterocycles. The van der Waals surface area contributed by atoms with Gasteiger partial charge in [-0.3, -0.25) is 4.98 Å². The maximum absolute atomic E-state index is 6.00. The van der Waals surface area contributed by atoms with Gasteiger partial charge in [0.15, 0.2) is 0 Å². The number of rotatable bonds is 0. The third kappa shape index (κ3) is 1.38. The molecule has 0 aliphatic carbocycles. The van der Waals surface area contributed by atoms with Crippen molar-refractivity contribution in [3.05, 3.63) is 47.2 Å². The maximum atomic E-state index is 6.00. The number of fused-ring (bicyclic) bond motifs is 3. The first-order valence-electron chi connectivity index (χ1n) is 5.16. The van der Waals surface area contributed by atoms with Crippen molar-refractivity contribution < 1.29 is 4.74 Å². The highest BCUT2D eigenvalue weighted by atomic mass is 35.5. The quantitative estimate of drug-likeness (QED) is 0.687. The molecular formula is C13H10ClNO. The van der Waals surface area contributed by atoms with Crippen LogP contribution >= 0.6 is 11.6 Å². The van der Waals surface area contributed by atoms with Gasteiger partial charge in [0.05, 0.1) is 6.20 Å². The molecule has 1 unspecified atom stereocenters. The lowest BCUT2D eigenvalue weighted by atomic mass is 9.94. The number of hydrogen-bond acceptors (Lipinski definition) is 2. The smallest absolute Gasteiger partial charge is 0.146 e. The molecule has 1 atom stereocenters. The third-order valence-electron chi connectivity index (χ3n) is 2.83. The average Bonchev–Trinajstić information content (AvgIpc) is 2.29. The molecule has 3 heteroatoms. The minimum Gasteiger partial charge on any atom is -0.484 e. The Hall–Kier alpha value is -1.54. The van der Waals surface area contributed by atoms with Gasteiger partial charge in [-0.15, -0.1) is 0 Å². The van der Waals surface area contributed by atoms with Crippen molar-refractivity contribution in [3.8, 4) is 16.9 Å². The predicted molar refractivity (Wildman–Crippen MR) is 63.7 cm³/mol. The van der Waals surface area contributed by atoms with Crippen LogP contribution in [0.15, 0.2) is 36.7 Å². The van der Waals surface area contributed by atoms with E-state index in [0.29, 0.717) is 0 Å². The van der Waals surface area contributed by atoms with E-state index in [2.05, 4.69) is 4.98 Å². The van der Waals surface area contributed by atoms with Crippen molar-refractivity contribution in [2.75, 3.05) is 0 Å². The summed E-state index contributed by atoms with van der Waals surface area (Å²) in [6, 6.07) is 7.87. The van der Waals surface area contributed by atoms with Crippen LogP contribution in [0.4, 0.5) is 0 Å². The van der Waals surface area contributed by atoms with Crippen LogP contribution in [0.2, 0.25) is 5.02 Å². The van der Waals surface area contributed by atoms with E-state index in [1.807, 2.05) is 31.2 Å². The van der Waals surface area contributed by atoms with Crippen LogP contribution in [0.25, 0.3) is 11.1 Å². The molecule has 2 heterocycles. The average molecular weight is 232 g/mol. The first kappa shape index (κ1) is 9.67. The van der Waals surface area contributed by atoms with Gasteiger partial charge in [0.2, 0.25) is 0 Å². The number of ether oxygens (including phenoxy) is 1. The van der Waals surface area contributed by atoms with Gasteiger partial charge in [-0.25, -0.2) is 0 Å². The van der Waals surface area contributed by atoms with Crippen molar-refractivity contribution in [2.45, 2.75) is 13.0 Å². The molecule has 1 aliphatic rings. The Morgan fingerprint density at radius 1 is 1.25 bits per heavy atom. The lowest BCUT2D eigenvalue weighted by Gasteiger charge is -2.26. The van der Waals surface area contributed by atoms with Gasteiger partial charge in [-0.1, -0.05) is 17.7 Å². The van der Waals surface area contributed by atoms with Crippen molar-refractivity contribution in [1.29, 1.82) is 0 Å². The van der Waals surface area contributed by atoms with Gasteiger partial charge < -0.3 is 4.74 Å². The van der Waals surface area contributed by atoms with Crippen LogP contribution in [0.5, 0.6) is 5.75 Å². The molecule has 3 rings (SSSR count). The predicted octanol–water partition coefficient (Wildman–Crippen LogP) is 3.86. The summed E-state index contributed by atoms with van der Waals surface area (Å²) in [6.07, 6.45) is 3.55. The zero-order valence-electron chi connectivity index (χ0n) is 8.77. The molecule has 0 saturated carbocycles. The number of benzene rings is 1. The van der Waals surface area contributed by atoms with E-state index in [0.717, 1.165) is 21.9 Å². The Morgan fingerprint density at radius 3 is 3.00 bits per heavy atom. The highest BCUT2D eigenvalue weighted by Gasteiger charge is 2.22. The molecular weight excluding hydrogens is 222 g/mol. The molecule has 0 N–H and O–H groups in total. The van der Waals surface area contributed by atoms with Crippen LogP contribution in [-0.4, -0.2) is 4.98 Å². The molecule has 1 aliphatic heterocycles. The molecule has 1 aromatic carbocycles. The van der Waals surface area contributed by atoms with Crippen LogP contribution in [0, 0.1) is 0 Å². The molecule has 0 amide bonds. The summed E-state index contributed by atoms with van der Waals surface area (Å²) in [5.41, 5.74) is 3.39. The Labute approximate surface area is 98.8 Å². The zero-order chi connectivity index (χ0) is 11.1. The van der Waals surface area contributed by atoms with Gasteiger partial charge in [0.25, 0.3) is 0 Å². The second-order valence-electron chi connectivity index (χ2n) is 3.86. The fraction of sp³-hybridized carbons (Fsp3) is 0.154. The van der Waals surface area contributed by atoms with Crippen molar-refractivity contribution in [1.82, 2.24) is 4.98 Å². The van der Waals surface area contributed by atoms with E-state index >= 15 is 0 Å². The summed E-state index contributed by atoms with van der Waals surface area (Å²) in [6.45, 7) is 2.02. The monoisotopic (exact) mass is 231 g/mol. The Bertz CT molecular complexity index is 553. The molecule has 80 valence electrons. The summed E-state index contributed by atoms with van der Waals surface area (Å²) in [5, 5.41) is 0.742. The first-order valence-corrected chi connectivity index (χ1v) is 5.54. The number of hydrogen-bond donors (Lipinski definition) is 0. The molecule has 0 spiro atoms. The molecule has 0 bridgehead atoms. The van der Waals surface area contributed by atoms with Gasteiger partial charge in [0.1, 0.15) is 11.9 Å². The van der Waals surface area contributed by atoms with Crippen LogP contribution in [0.1, 0.15) is 18.6 Å². The Kier molecular flexibility index (Phi) is 2.11. The Morgan fingerprint density at radius 2 is 2.12 bits per heavy atom. The van der Waals surface area contributed by atoms with Crippen LogP contribution < -0.4 is 4.74 Å². The maximum Gasteiger partial charge on any atom is 0.146 e. The standard InChI is InChI=1S/C13H10ClNO/c1-8-12-6-9(14)2-3-10(12)11-4-5-15-7-13(11)16-8/h2-8H,1H3. The molecule has 16 heavy (non-hydrogen) atoms. The van der Waals surface area contributed by atoms with E-state index in [1.54, 1.807) is 12.4 Å². The van der Waals surface area contributed by atoms with E-state index < -0.39 is 0 Å². The summed E-state index contributed by atoms with van der Waals surface area (Å²) in [4.78, 5) is 4.07. The topological polar surface area (TPSA) is 22.1 Å². The number of pyridine rings is 1. The highest BCUT2D eigenvalue weighted by Crippen LogP contribution is 2.42. The van der Waals surface area contributed by atoms with Gasteiger partial charge in [0, 0.05) is 22.3 Å². The van der Waals surface area contributed by atoms with Gasteiger partial charge in [-0.05, 0) is 30.7 Å². The van der Waals surface area contributed by atoms with E-state index in [1.165, 1.54) is 5.56 Å². The fourth-order valence-electron chi connectivity index (χ4n) is 2.07. The van der Waals surface area contributed by atoms with Crippen LogP contribution in [0.3, 0.4) is 0 Å². The minimum atomic E-state index is 0.0189. The molecule has 0 fully saturated rings. The van der Waals surface area contributed by atoms with Crippen molar-refractivity contribution in [3.63, 3.8) is 0 Å². The second kappa shape index (κ2) is 3.49. The molecule has 0 radical (unpaired) electrons. The third-order valence-corrected chi connectivity index (χ3v) is 3.07. The number of aromatic nitrogens is 1. The summed E-state index contributed by atoms with van der Waals surface area (Å²) in [7, 11) is 0. The second-order valence-corrected chi connectivity index (χ2v) is 4.30. The lowest BCUT2D eigenvalue weighted by molar-refractivity contribution is 0.222. The SMILES string of the molecule is CC1Oc2cnccc2-c2ccc(Cl)cc21. The highest BCUT2D eigenvalue weighted by molar-refractivity contribution is 6.30. The first-order chi connectivity index (χ1) is 7.75. The number of halogens is 1. The zero-order valence-corrected chi connectivity index (χ0v) is 9.53. The molecule has 1 aromatic heterocycles. The largest absolute Gasteiger partial charge is 0.484 e. The van der Waals surface area contributed by atoms with E-state index in [9.17, 15) is 0 Å². The van der Waals surface area contributed by atoms with Crippen LogP contribution in [-0.2, 0) is 0 Å². The van der Waals surface area contributed by atoms with Gasteiger partial charge in [-0.2, -0.15) is 0 Å². The Balaban J connectivity index is 2.28. The minimum absolute atomic E-state index is 0.0189. The van der Waals surface area contributed by atoms with E-state index in [-0.39, 0.29) is 6.10 Å². The molecule has 2 aromatic rings. The lowest BCUT2D eigenvalue weighted by Crippen LogP contribution is -2.10. The number of nitrogens with zero attached hydrogens (tertiary/aromatic N) is 1. The van der Waals surface area contributed by atoms with Gasteiger partial charge >= 0.3 is 0 Å². The molecule has 2 nitrogen and oxygen atoms in total. The van der Waals surface area contributed by atoms with E-state index in [4.69, 9.17) is 16.3 Å². The normalized spacial score (nSPS) is 17.2. The summed E-state index contributed by atoms with van der Waals surface area (Å²) < 4.78 is 5.79. The van der Waals surface area contributed by atoms with Crippen molar-refractivity contribution in [2.24, 2.45) is 0 Å². The summed E-state index contributed by atoms with van der Waals surface area (Å²) in [5.74, 6) is 0.838. The fourth-order valence-corrected chi connectivity index (χ4v) is 2.25. The van der Waals surface area contributed by atoms with Crippen molar-refractivity contribution >= 4 is 11.6 Å². The summed E-state index contributed by atoms with van der Waals surface area (Å²) >= 11 is 6.00.